The molecule has 1 unspecified atom stereocenters. The quantitative estimate of drug-likeness (QED) is 0.259. The maximum Gasteiger partial charge on any atom is 0.330 e. The van der Waals surface area contributed by atoms with Crippen LogP contribution in [0.15, 0.2) is 72.8 Å². The highest BCUT2D eigenvalue weighted by Gasteiger charge is 2.25. The van der Waals surface area contributed by atoms with E-state index in [0.29, 0.717) is 43.9 Å². The SMILES string of the molecule is CCOC(=O)/C=C/C(=O)N(Cc1ccc(OC)cc1OC)c1ccc(Cl)cc1C(O)c1ccccc1Cl. The molecule has 0 saturated carbocycles. The van der Waals surface area contributed by atoms with Crippen LogP contribution in [-0.2, 0) is 20.9 Å². The lowest BCUT2D eigenvalue weighted by atomic mass is 9.98. The number of ether oxygens (including phenoxy) is 3. The van der Waals surface area contributed by atoms with Crippen molar-refractivity contribution in [3.05, 3.63) is 99.6 Å². The smallest absolute Gasteiger partial charge is 0.330 e. The summed E-state index contributed by atoms with van der Waals surface area (Å²) in [5.74, 6) is -0.0955. The molecule has 9 heteroatoms. The minimum Gasteiger partial charge on any atom is -0.497 e. The van der Waals surface area contributed by atoms with Crippen molar-refractivity contribution in [2.24, 2.45) is 0 Å². The molecule has 0 aliphatic rings. The molecule has 0 heterocycles. The number of hydrogen-bond acceptors (Lipinski definition) is 6. The molecule has 7 nitrogen and oxygen atoms in total. The van der Waals surface area contributed by atoms with E-state index < -0.39 is 18.0 Å². The largest absolute Gasteiger partial charge is 0.497 e. The Balaban J connectivity index is 2.13. The lowest BCUT2D eigenvalue weighted by molar-refractivity contribution is -0.137. The molecule has 3 rings (SSSR count). The fourth-order valence-corrected chi connectivity index (χ4v) is 4.13. The topological polar surface area (TPSA) is 85.3 Å². The van der Waals surface area contributed by atoms with Gasteiger partial charge in [-0.1, -0.05) is 41.4 Å². The average molecular weight is 544 g/mol. The summed E-state index contributed by atoms with van der Waals surface area (Å²) in [7, 11) is 3.06. The number of hydrogen-bond donors (Lipinski definition) is 1. The summed E-state index contributed by atoms with van der Waals surface area (Å²) >= 11 is 12.6. The number of benzene rings is 3. The summed E-state index contributed by atoms with van der Waals surface area (Å²) in [5.41, 5.74) is 1.83. The molecule has 3 aromatic rings. The molecule has 0 aliphatic carbocycles. The minimum atomic E-state index is -1.19. The summed E-state index contributed by atoms with van der Waals surface area (Å²) in [4.78, 5) is 26.8. The van der Waals surface area contributed by atoms with Crippen LogP contribution in [0.5, 0.6) is 11.5 Å². The van der Waals surface area contributed by atoms with E-state index in [1.54, 1.807) is 74.7 Å². The van der Waals surface area contributed by atoms with E-state index in [0.717, 1.165) is 12.2 Å². The third-order valence-electron chi connectivity index (χ3n) is 5.51. The van der Waals surface area contributed by atoms with E-state index in [-0.39, 0.29) is 13.2 Å². The molecule has 0 fully saturated rings. The Morgan fingerprint density at radius 2 is 1.73 bits per heavy atom. The van der Waals surface area contributed by atoms with E-state index in [9.17, 15) is 14.7 Å². The van der Waals surface area contributed by atoms with Gasteiger partial charge in [0.25, 0.3) is 5.91 Å². The molecule has 0 aromatic heterocycles. The fourth-order valence-electron chi connectivity index (χ4n) is 3.71. The number of methoxy groups -OCH3 is 2. The highest BCUT2D eigenvalue weighted by Crippen LogP contribution is 2.37. The van der Waals surface area contributed by atoms with Crippen LogP contribution < -0.4 is 14.4 Å². The van der Waals surface area contributed by atoms with Gasteiger partial charge in [-0.15, -0.1) is 0 Å². The average Bonchev–Trinajstić information content (AvgIpc) is 2.90. The second kappa shape index (κ2) is 13.1. The van der Waals surface area contributed by atoms with Gasteiger partial charge < -0.3 is 24.2 Å². The summed E-state index contributed by atoms with van der Waals surface area (Å²) in [6.45, 7) is 1.89. The third kappa shape index (κ3) is 7.04. The van der Waals surface area contributed by atoms with Crippen molar-refractivity contribution in [3.8, 4) is 11.5 Å². The van der Waals surface area contributed by atoms with E-state index in [1.165, 1.54) is 12.0 Å². The van der Waals surface area contributed by atoms with Gasteiger partial charge in [0, 0.05) is 45.0 Å². The van der Waals surface area contributed by atoms with Crippen LogP contribution in [0.3, 0.4) is 0 Å². The second-order valence-corrected chi connectivity index (χ2v) is 8.66. The number of esters is 1. The molecule has 3 aromatic carbocycles. The van der Waals surface area contributed by atoms with Crippen molar-refractivity contribution in [1.82, 2.24) is 0 Å². The monoisotopic (exact) mass is 543 g/mol. The number of nitrogens with zero attached hydrogens (tertiary/aromatic N) is 1. The van der Waals surface area contributed by atoms with Crippen molar-refractivity contribution in [3.63, 3.8) is 0 Å². The van der Waals surface area contributed by atoms with Crippen LogP contribution >= 0.6 is 23.2 Å². The van der Waals surface area contributed by atoms with E-state index >= 15 is 0 Å². The number of aliphatic hydroxyl groups is 1. The van der Waals surface area contributed by atoms with E-state index in [2.05, 4.69) is 0 Å². The minimum absolute atomic E-state index is 0.0447. The number of anilines is 1. The number of carbonyl (C=O) groups is 2. The Labute approximate surface area is 225 Å². The van der Waals surface area contributed by atoms with Crippen LogP contribution in [0.1, 0.15) is 29.7 Å². The van der Waals surface area contributed by atoms with Crippen LogP contribution in [-0.4, -0.2) is 37.8 Å². The van der Waals surface area contributed by atoms with Crippen LogP contribution in [0, 0.1) is 0 Å². The van der Waals surface area contributed by atoms with Crippen LogP contribution in [0.2, 0.25) is 10.0 Å². The van der Waals surface area contributed by atoms with Gasteiger partial charge in [-0.05, 0) is 43.3 Å². The highest BCUT2D eigenvalue weighted by molar-refractivity contribution is 6.31. The lowest BCUT2D eigenvalue weighted by Crippen LogP contribution is -2.30. The molecule has 194 valence electrons. The molecule has 0 spiro atoms. The molecule has 1 amide bonds. The standard InChI is InChI=1S/C28H27Cl2NO6/c1-4-37-27(33)14-13-26(32)31(17-18-9-11-20(35-2)16-25(18)36-3)24-12-10-19(29)15-22(24)28(34)21-7-5-6-8-23(21)30/h5-16,28,34H,4,17H2,1-3H3/b14-13+. The molecule has 1 N–H and O–H groups in total. The van der Waals surface area contributed by atoms with Gasteiger partial charge in [0.15, 0.2) is 0 Å². The molecular weight excluding hydrogens is 517 g/mol. The number of rotatable bonds is 10. The Morgan fingerprint density at radius 3 is 2.41 bits per heavy atom. The summed E-state index contributed by atoms with van der Waals surface area (Å²) in [6.07, 6.45) is 0.989. The maximum atomic E-state index is 13.5. The van der Waals surface area contributed by atoms with Crippen molar-refractivity contribution in [1.29, 1.82) is 0 Å². The van der Waals surface area contributed by atoms with Crippen molar-refractivity contribution < 1.29 is 28.9 Å². The first-order valence-corrected chi connectivity index (χ1v) is 12.1. The zero-order chi connectivity index (χ0) is 26.9. The van der Waals surface area contributed by atoms with Crippen molar-refractivity contribution in [2.45, 2.75) is 19.6 Å². The number of amides is 1. The Hall–Kier alpha value is -3.52. The third-order valence-corrected chi connectivity index (χ3v) is 6.09. The van der Waals surface area contributed by atoms with Crippen molar-refractivity contribution in [2.75, 3.05) is 25.7 Å². The van der Waals surface area contributed by atoms with Gasteiger partial charge in [0.05, 0.1) is 33.1 Å². The van der Waals surface area contributed by atoms with Gasteiger partial charge in [0.2, 0.25) is 0 Å². The number of carbonyl (C=O) groups excluding carboxylic acids is 2. The van der Waals surface area contributed by atoms with E-state index in [1.807, 2.05) is 0 Å². The predicted molar refractivity (Wildman–Crippen MR) is 143 cm³/mol. The first-order chi connectivity index (χ1) is 17.8. The predicted octanol–water partition coefficient (Wildman–Crippen LogP) is 5.74. The fraction of sp³-hybridized carbons (Fsp3) is 0.214. The van der Waals surface area contributed by atoms with Gasteiger partial charge in [-0.3, -0.25) is 4.79 Å². The Bertz CT molecular complexity index is 1290. The number of aliphatic hydroxyl groups excluding tert-OH is 1. The lowest BCUT2D eigenvalue weighted by Gasteiger charge is -2.27. The summed E-state index contributed by atoms with van der Waals surface area (Å²) in [6, 6.07) is 16.9. The zero-order valence-electron chi connectivity index (χ0n) is 20.6. The maximum absolute atomic E-state index is 13.5. The normalized spacial score (nSPS) is 11.7. The second-order valence-electron chi connectivity index (χ2n) is 7.81. The van der Waals surface area contributed by atoms with Gasteiger partial charge >= 0.3 is 5.97 Å². The molecule has 37 heavy (non-hydrogen) atoms. The number of halogens is 2. The molecule has 0 radical (unpaired) electrons. The molecule has 0 bridgehead atoms. The van der Waals surface area contributed by atoms with E-state index in [4.69, 9.17) is 37.4 Å². The van der Waals surface area contributed by atoms with Crippen molar-refractivity contribution >= 4 is 40.8 Å². The van der Waals surface area contributed by atoms with Gasteiger partial charge in [0.1, 0.15) is 17.6 Å². The summed E-state index contributed by atoms with van der Waals surface area (Å²) in [5, 5.41) is 12.0. The molecule has 1 atom stereocenters. The summed E-state index contributed by atoms with van der Waals surface area (Å²) < 4.78 is 15.7. The Kier molecular flexibility index (Phi) is 9.97. The van der Waals surface area contributed by atoms with Gasteiger partial charge in [-0.25, -0.2) is 4.79 Å². The molecule has 0 saturated heterocycles. The highest BCUT2D eigenvalue weighted by atomic mass is 35.5. The Morgan fingerprint density at radius 1 is 0.973 bits per heavy atom. The van der Waals surface area contributed by atoms with Crippen LogP contribution in [0.25, 0.3) is 0 Å². The van der Waals surface area contributed by atoms with Gasteiger partial charge in [-0.2, -0.15) is 0 Å². The molecular formula is C28H27Cl2NO6. The zero-order valence-corrected chi connectivity index (χ0v) is 22.1. The first kappa shape index (κ1) is 28.1. The van der Waals surface area contributed by atoms with Crippen LogP contribution in [0.4, 0.5) is 5.69 Å². The molecule has 0 aliphatic heterocycles. The first-order valence-electron chi connectivity index (χ1n) is 11.4.